The van der Waals surface area contributed by atoms with Crippen molar-refractivity contribution in [3.63, 3.8) is 0 Å². The predicted molar refractivity (Wildman–Crippen MR) is 97.7 cm³/mol. The molecule has 4 rings (SSSR count). The molecule has 0 spiro atoms. The first-order valence-electron chi connectivity index (χ1n) is 8.28. The van der Waals surface area contributed by atoms with Gasteiger partial charge in [-0.2, -0.15) is 13.3 Å². The van der Waals surface area contributed by atoms with E-state index >= 15 is 0 Å². The molecule has 2 saturated heterocycles. The lowest BCUT2D eigenvalue weighted by molar-refractivity contribution is 0.539. The molecule has 0 N–H and O–H groups in total. The Kier molecular flexibility index (Phi) is 4.54. The Hall–Kier alpha value is -1.47. The molecule has 2 aliphatic rings. The Balaban J connectivity index is 1.76. The second kappa shape index (κ2) is 6.69. The van der Waals surface area contributed by atoms with Crippen molar-refractivity contribution >= 4 is 42.8 Å². The van der Waals surface area contributed by atoms with Crippen LogP contribution >= 0.6 is 24.7 Å². The zero-order chi connectivity index (χ0) is 17.6. The highest BCUT2D eigenvalue weighted by Crippen LogP contribution is 2.53. The lowest BCUT2D eigenvalue weighted by Crippen LogP contribution is -2.27. The molecule has 0 radical (unpaired) electrons. The molecule has 2 atom stereocenters. The molecule has 5 nitrogen and oxygen atoms in total. The number of halogens is 2. The molecular weight excluding hydrogens is 363 g/mol. The van der Waals surface area contributed by atoms with Crippen molar-refractivity contribution < 1.29 is 7.77 Å². The molecule has 2 aromatic rings. The molecule has 2 unspecified atom stereocenters. The Labute approximate surface area is 154 Å². The third kappa shape index (κ3) is 2.77. The summed E-state index contributed by atoms with van der Waals surface area (Å²) >= 11 is -0.381. The van der Waals surface area contributed by atoms with Crippen LogP contribution in [-0.2, 0) is 0 Å². The molecule has 0 amide bonds. The predicted octanol–water partition coefficient (Wildman–Crippen LogP) is 4.88. The highest BCUT2D eigenvalue weighted by Gasteiger charge is 2.46. The van der Waals surface area contributed by atoms with Crippen molar-refractivity contribution in [2.24, 2.45) is 0 Å². The maximum Gasteiger partial charge on any atom is 0.274 e. The molecule has 2 bridgehead atoms. The minimum absolute atomic E-state index is 0.149. The fourth-order valence-electron chi connectivity index (χ4n) is 4.48. The van der Waals surface area contributed by atoms with Gasteiger partial charge >= 0.3 is 0 Å². The van der Waals surface area contributed by atoms with Gasteiger partial charge in [-0.25, -0.2) is 10.2 Å². The van der Waals surface area contributed by atoms with Gasteiger partial charge in [-0.05, 0) is 31.4 Å². The largest absolute Gasteiger partial charge is 0.274 e. The van der Waals surface area contributed by atoms with E-state index in [0.717, 1.165) is 40.7 Å². The number of rotatable bonds is 4. The van der Waals surface area contributed by atoms with E-state index in [1.165, 1.54) is 4.52 Å². The Morgan fingerprint density at radius 2 is 2.00 bits per heavy atom. The second-order valence-corrected chi connectivity index (χ2v) is 8.16. The van der Waals surface area contributed by atoms with Crippen molar-refractivity contribution in [1.82, 2.24) is 14.6 Å². The maximum atomic E-state index is 13.2. The minimum Gasteiger partial charge on any atom is -0.233 e. The normalized spacial score (nSPS) is 25.4. The standard InChI is InChI=1S/C15H16BF2N5S2/c1-9-7-20-22-14(23(24-17)25-18)6-13(21-15(9)22)10-4-11-2-3-12(5-10)16(11)8-19/h6-7,10-12H,2-5H2,1H3. The van der Waals surface area contributed by atoms with Crippen molar-refractivity contribution in [3.8, 4) is 5.97 Å². The van der Waals surface area contributed by atoms with Crippen LogP contribution in [0.3, 0.4) is 0 Å². The summed E-state index contributed by atoms with van der Waals surface area (Å²) in [6.45, 7) is 2.03. The molecule has 2 fully saturated rings. The van der Waals surface area contributed by atoms with Gasteiger partial charge in [-0.1, -0.05) is 12.8 Å². The van der Waals surface area contributed by atoms with Crippen LogP contribution in [0.2, 0.25) is 11.6 Å². The average molecular weight is 379 g/mol. The molecule has 10 heteroatoms. The number of aryl methyl sites for hydroxylation is 1. The molecule has 2 aliphatic heterocycles. The first-order chi connectivity index (χ1) is 12.2. The van der Waals surface area contributed by atoms with E-state index < -0.39 is 0 Å². The van der Waals surface area contributed by atoms with Crippen LogP contribution in [0.4, 0.5) is 13.6 Å². The number of anilines is 1. The summed E-state index contributed by atoms with van der Waals surface area (Å²) in [4.78, 5) is 4.75. The smallest absolute Gasteiger partial charge is 0.233 e. The summed E-state index contributed by atoms with van der Waals surface area (Å²) in [6.07, 6.45) is 5.65. The van der Waals surface area contributed by atoms with Gasteiger partial charge in [0, 0.05) is 29.2 Å². The van der Waals surface area contributed by atoms with Crippen LogP contribution in [0.1, 0.15) is 42.9 Å². The van der Waals surface area contributed by atoms with E-state index in [4.69, 9.17) is 4.98 Å². The number of nitriles is 1. The summed E-state index contributed by atoms with van der Waals surface area (Å²) < 4.78 is 28.6. The number of aromatic nitrogens is 3. The molecule has 2 aromatic heterocycles. The van der Waals surface area contributed by atoms with Crippen LogP contribution in [0.15, 0.2) is 12.3 Å². The molecular formula is C15H16BF2N5S2. The fourth-order valence-corrected chi connectivity index (χ4v) is 4.96. The van der Waals surface area contributed by atoms with Crippen LogP contribution in [0, 0.1) is 18.2 Å². The Morgan fingerprint density at radius 1 is 1.32 bits per heavy atom. The summed E-state index contributed by atoms with van der Waals surface area (Å²) in [5, 5.41) is 13.6. The van der Waals surface area contributed by atoms with E-state index in [9.17, 15) is 13.0 Å². The second-order valence-electron chi connectivity index (χ2n) is 6.92. The van der Waals surface area contributed by atoms with Crippen molar-refractivity contribution in [3.05, 3.63) is 23.5 Å². The van der Waals surface area contributed by atoms with Gasteiger partial charge in [0.1, 0.15) is 0 Å². The van der Waals surface area contributed by atoms with Gasteiger partial charge in [-0.15, -0.1) is 7.77 Å². The molecule has 0 aromatic carbocycles. The monoisotopic (exact) mass is 379 g/mol. The fraction of sp³-hybridized carbons (Fsp3) is 0.533. The van der Waals surface area contributed by atoms with Crippen LogP contribution in [0.25, 0.3) is 5.65 Å². The van der Waals surface area contributed by atoms with Crippen molar-refractivity contribution in [2.75, 3.05) is 3.71 Å². The molecule has 4 heterocycles. The van der Waals surface area contributed by atoms with E-state index in [1.807, 2.05) is 6.92 Å². The Bertz CT molecular complexity index is 823. The third-order valence-corrected chi connectivity index (χ3v) is 6.59. The SMILES string of the molecule is Cc1cnn2c(N(SF)SF)cc(C3CC4CCC(C3)B4C#N)nc12. The molecule has 130 valence electrons. The Morgan fingerprint density at radius 3 is 2.60 bits per heavy atom. The highest BCUT2D eigenvalue weighted by atomic mass is 32.3. The number of hydrogen-bond donors (Lipinski definition) is 0. The summed E-state index contributed by atoms with van der Waals surface area (Å²) in [7, 11) is 0. The van der Waals surface area contributed by atoms with Gasteiger partial charge in [0.15, 0.2) is 36.1 Å². The number of fused-ring (bicyclic) bond motifs is 3. The highest BCUT2D eigenvalue weighted by molar-refractivity contribution is 8.13. The van der Waals surface area contributed by atoms with E-state index in [0.29, 0.717) is 23.1 Å². The topological polar surface area (TPSA) is 57.2 Å². The van der Waals surface area contributed by atoms with Crippen LogP contribution < -0.4 is 3.71 Å². The van der Waals surface area contributed by atoms with Crippen molar-refractivity contribution in [2.45, 2.75) is 50.2 Å². The zero-order valence-electron chi connectivity index (χ0n) is 13.6. The zero-order valence-corrected chi connectivity index (χ0v) is 15.2. The van der Waals surface area contributed by atoms with Gasteiger partial charge in [0.2, 0.25) is 0 Å². The van der Waals surface area contributed by atoms with Gasteiger partial charge < -0.3 is 0 Å². The van der Waals surface area contributed by atoms with Gasteiger partial charge in [0.05, 0.1) is 6.20 Å². The van der Waals surface area contributed by atoms with Gasteiger partial charge in [0.25, 0.3) is 6.71 Å². The average Bonchev–Trinajstić information content (AvgIpc) is 3.12. The molecule has 0 saturated carbocycles. The van der Waals surface area contributed by atoms with E-state index in [-0.39, 0.29) is 37.3 Å². The van der Waals surface area contributed by atoms with E-state index in [2.05, 4.69) is 11.1 Å². The van der Waals surface area contributed by atoms with Gasteiger partial charge in [-0.3, -0.25) is 0 Å². The lowest BCUT2D eigenvalue weighted by Gasteiger charge is -2.29. The molecule has 25 heavy (non-hydrogen) atoms. The number of nitrogens with zero attached hydrogens (tertiary/aromatic N) is 5. The van der Waals surface area contributed by atoms with E-state index in [1.54, 1.807) is 12.3 Å². The third-order valence-electron chi connectivity index (χ3n) is 5.63. The first kappa shape index (κ1) is 17.0. The van der Waals surface area contributed by atoms with Crippen molar-refractivity contribution in [1.29, 1.82) is 5.26 Å². The van der Waals surface area contributed by atoms with Crippen LogP contribution in [-0.4, -0.2) is 21.3 Å². The first-order valence-corrected chi connectivity index (χ1v) is 9.63. The lowest BCUT2D eigenvalue weighted by atomic mass is 9.34. The summed E-state index contributed by atoms with van der Waals surface area (Å²) in [6, 6.07) is 1.73. The summed E-state index contributed by atoms with van der Waals surface area (Å²) in [5.74, 6) is 3.82. The van der Waals surface area contributed by atoms with Crippen LogP contribution in [0.5, 0.6) is 0 Å². The minimum atomic E-state index is -0.190. The number of hydrogen-bond acceptors (Lipinski definition) is 6. The maximum absolute atomic E-state index is 13.2. The quantitative estimate of drug-likeness (QED) is 0.558. The molecule has 0 aliphatic carbocycles. The summed E-state index contributed by atoms with van der Waals surface area (Å²) in [5.41, 5.74) is 2.33.